The number of amides is 1. The standard InChI is InChI=1S/C17H15ClFN3OS/c1-9-10(2)13(7-20)17(21-11(9)3)24-8-16(23)22-15-5-4-12(18)6-14(15)19/h4-6H,8H2,1-3H3,(H,22,23). The van der Waals surface area contributed by atoms with Crippen molar-refractivity contribution in [3.63, 3.8) is 0 Å². The van der Waals surface area contributed by atoms with Gasteiger partial charge in [-0.3, -0.25) is 4.79 Å². The number of benzene rings is 1. The topological polar surface area (TPSA) is 65.8 Å². The number of thioether (sulfide) groups is 1. The van der Waals surface area contributed by atoms with Gasteiger partial charge >= 0.3 is 0 Å². The molecule has 24 heavy (non-hydrogen) atoms. The van der Waals surface area contributed by atoms with Crippen LogP contribution in [0.2, 0.25) is 5.02 Å². The van der Waals surface area contributed by atoms with Crippen molar-refractivity contribution in [1.82, 2.24) is 4.98 Å². The van der Waals surface area contributed by atoms with E-state index >= 15 is 0 Å². The van der Waals surface area contributed by atoms with E-state index in [0.717, 1.165) is 34.6 Å². The van der Waals surface area contributed by atoms with Gasteiger partial charge in [0.1, 0.15) is 16.9 Å². The smallest absolute Gasteiger partial charge is 0.234 e. The maximum absolute atomic E-state index is 13.7. The second-order valence-corrected chi connectivity index (χ2v) is 6.60. The lowest BCUT2D eigenvalue weighted by Gasteiger charge is -2.11. The summed E-state index contributed by atoms with van der Waals surface area (Å²) in [7, 11) is 0. The Kier molecular flexibility index (Phi) is 5.81. The molecule has 1 aromatic heterocycles. The number of anilines is 1. The molecule has 1 amide bonds. The van der Waals surface area contributed by atoms with Crippen molar-refractivity contribution in [2.24, 2.45) is 0 Å². The highest BCUT2D eigenvalue weighted by atomic mass is 35.5. The van der Waals surface area contributed by atoms with Gasteiger partial charge in [-0.2, -0.15) is 5.26 Å². The quantitative estimate of drug-likeness (QED) is 0.817. The third-order valence-corrected chi connectivity index (χ3v) is 4.83. The highest BCUT2D eigenvalue weighted by Crippen LogP contribution is 2.26. The molecule has 0 unspecified atom stereocenters. The zero-order chi connectivity index (χ0) is 17.9. The minimum atomic E-state index is -0.598. The summed E-state index contributed by atoms with van der Waals surface area (Å²) in [6.45, 7) is 5.62. The summed E-state index contributed by atoms with van der Waals surface area (Å²) in [5.74, 6) is -0.965. The Hall–Kier alpha value is -2.10. The molecule has 7 heteroatoms. The minimum Gasteiger partial charge on any atom is -0.323 e. The molecule has 0 saturated carbocycles. The summed E-state index contributed by atoms with van der Waals surface area (Å²) in [6.07, 6.45) is 0. The molecular formula is C17H15ClFN3OS. The molecule has 0 spiro atoms. The number of halogens is 2. The molecule has 0 radical (unpaired) electrons. The number of pyridine rings is 1. The Morgan fingerprint density at radius 3 is 2.71 bits per heavy atom. The van der Waals surface area contributed by atoms with Crippen LogP contribution in [0.15, 0.2) is 23.2 Å². The van der Waals surface area contributed by atoms with Crippen LogP contribution in [0, 0.1) is 37.9 Å². The summed E-state index contributed by atoms with van der Waals surface area (Å²) in [5, 5.41) is 12.6. The fourth-order valence-corrected chi connectivity index (χ4v) is 3.10. The molecule has 0 bridgehead atoms. The van der Waals surface area contributed by atoms with Gasteiger partial charge in [0.25, 0.3) is 0 Å². The molecule has 1 N–H and O–H groups in total. The average molecular weight is 364 g/mol. The van der Waals surface area contributed by atoms with E-state index in [1.165, 1.54) is 12.1 Å². The number of hydrogen-bond donors (Lipinski definition) is 1. The van der Waals surface area contributed by atoms with Crippen LogP contribution in [0.4, 0.5) is 10.1 Å². The zero-order valence-electron chi connectivity index (χ0n) is 13.4. The minimum absolute atomic E-state index is 0.0195. The SMILES string of the molecule is Cc1nc(SCC(=O)Nc2ccc(Cl)cc2F)c(C#N)c(C)c1C. The van der Waals surface area contributed by atoms with E-state index in [1.807, 2.05) is 20.8 Å². The largest absolute Gasteiger partial charge is 0.323 e. The van der Waals surface area contributed by atoms with E-state index in [0.29, 0.717) is 10.6 Å². The monoisotopic (exact) mass is 363 g/mol. The first kappa shape index (κ1) is 18.2. The number of nitrogens with zero attached hydrogens (tertiary/aromatic N) is 2. The van der Waals surface area contributed by atoms with Crippen LogP contribution >= 0.6 is 23.4 Å². The van der Waals surface area contributed by atoms with Gasteiger partial charge in [0.05, 0.1) is 17.0 Å². The molecule has 0 atom stereocenters. The lowest BCUT2D eigenvalue weighted by atomic mass is 10.1. The fourth-order valence-electron chi connectivity index (χ4n) is 2.06. The van der Waals surface area contributed by atoms with Crippen LogP contribution in [0.1, 0.15) is 22.4 Å². The Labute approximate surface area is 149 Å². The van der Waals surface area contributed by atoms with E-state index in [9.17, 15) is 14.4 Å². The van der Waals surface area contributed by atoms with Gasteiger partial charge in [-0.05, 0) is 50.1 Å². The molecule has 0 fully saturated rings. The van der Waals surface area contributed by atoms with Gasteiger partial charge in [-0.25, -0.2) is 9.37 Å². The van der Waals surface area contributed by atoms with Gasteiger partial charge in [-0.15, -0.1) is 0 Å². The molecule has 0 aliphatic rings. The van der Waals surface area contributed by atoms with E-state index < -0.39 is 5.82 Å². The van der Waals surface area contributed by atoms with E-state index in [4.69, 9.17) is 11.6 Å². The normalized spacial score (nSPS) is 10.3. The average Bonchev–Trinajstić information content (AvgIpc) is 2.53. The highest BCUT2D eigenvalue weighted by Gasteiger charge is 2.15. The summed E-state index contributed by atoms with van der Waals surface area (Å²) in [5.41, 5.74) is 3.17. The van der Waals surface area contributed by atoms with E-state index in [-0.39, 0.29) is 22.4 Å². The molecule has 2 aromatic rings. The summed E-state index contributed by atoms with van der Waals surface area (Å²) >= 11 is 6.83. The predicted octanol–water partition coefficient (Wildman–Crippen LogP) is 4.40. The number of carbonyl (C=O) groups excluding carboxylic acids is 1. The highest BCUT2D eigenvalue weighted by molar-refractivity contribution is 8.00. The molecule has 0 saturated heterocycles. The van der Waals surface area contributed by atoms with Gasteiger partial charge in [-0.1, -0.05) is 23.4 Å². The lowest BCUT2D eigenvalue weighted by molar-refractivity contribution is -0.113. The Morgan fingerprint density at radius 1 is 1.38 bits per heavy atom. The molecular weight excluding hydrogens is 349 g/mol. The third-order valence-electron chi connectivity index (χ3n) is 3.62. The molecule has 0 aliphatic heterocycles. The first-order chi connectivity index (χ1) is 11.3. The van der Waals surface area contributed by atoms with Crippen LogP contribution in [-0.2, 0) is 4.79 Å². The number of nitrogens with one attached hydrogen (secondary N) is 1. The van der Waals surface area contributed by atoms with Crippen LogP contribution in [0.25, 0.3) is 0 Å². The summed E-state index contributed by atoms with van der Waals surface area (Å²) in [4.78, 5) is 16.4. The van der Waals surface area contributed by atoms with Crippen molar-refractivity contribution in [3.8, 4) is 6.07 Å². The van der Waals surface area contributed by atoms with E-state index in [2.05, 4.69) is 16.4 Å². The van der Waals surface area contributed by atoms with E-state index in [1.54, 1.807) is 0 Å². The van der Waals surface area contributed by atoms with Gasteiger partial charge in [0.15, 0.2) is 0 Å². The maximum Gasteiger partial charge on any atom is 0.234 e. The van der Waals surface area contributed by atoms with Crippen molar-refractivity contribution in [1.29, 1.82) is 5.26 Å². The van der Waals surface area contributed by atoms with Crippen LogP contribution in [0.3, 0.4) is 0 Å². The lowest BCUT2D eigenvalue weighted by Crippen LogP contribution is -2.15. The number of carbonyl (C=O) groups is 1. The van der Waals surface area contributed by atoms with Gasteiger partial charge in [0.2, 0.25) is 5.91 Å². The van der Waals surface area contributed by atoms with Crippen molar-refractivity contribution >= 4 is 35.0 Å². The van der Waals surface area contributed by atoms with Crippen LogP contribution in [-0.4, -0.2) is 16.6 Å². The Morgan fingerprint density at radius 2 is 2.08 bits per heavy atom. The van der Waals surface area contributed by atoms with Gasteiger partial charge < -0.3 is 5.32 Å². The van der Waals surface area contributed by atoms with Crippen molar-refractivity contribution in [3.05, 3.63) is 51.4 Å². The number of nitriles is 1. The fraction of sp³-hybridized carbons (Fsp3) is 0.235. The molecule has 1 aromatic carbocycles. The maximum atomic E-state index is 13.7. The number of hydrogen-bond acceptors (Lipinski definition) is 4. The van der Waals surface area contributed by atoms with Crippen LogP contribution < -0.4 is 5.32 Å². The molecule has 2 rings (SSSR count). The summed E-state index contributed by atoms with van der Waals surface area (Å²) < 4.78 is 13.7. The summed E-state index contributed by atoms with van der Waals surface area (Å²) in [6, 6.07) is 6.16. The second kappa shape index (κ2) is 7.65. The van der Waals surface area contributed by atoms with Crippen molar-refractivity contribution < 1.29 is 9.18 Å². The number of rotatable bonds is 4. The Balaban J connectivity index is 2.11. The molecule has 0 aliphatic carbocycles. The first-order valence-corrected chi connectivity index (χ1v) is 8.45. The second-order valence-electron chi connectivity index (χ2n) is 5.20. The van der Waals surface area contributed by atoms with Crippen LogP contribution in [0.5, 0.6) is 0 Å². The van der Waals surface area contributed by atoms with Crippen molar-refractivity contribution in [2.45, 2.75) is 25.8 Å². The van der Waals surface area contributed by atoms with Gasteiger partial charge in [0, 0.05) is 10.7 Å². The third kappa shape index (κ3) is 4.05. The number of aryl methyl sites for hydroxylation is 1. The molecule has 4 nitrogen and oxygen atoms in total. The first-order valence-electron chi connectivity index (χ1n) is 7.09. The predicted molar refractivity (Wildman–Crippen MR) is 93.9 cm³/mol. The zero-order valence-corrected chi connectivity index (χ0v) is 15.0. The number of aromatic nitrogens is 1. The molecule has 1 heterocycles. The van der Waals surface area contributed by atoms with Crippen molar-refractivity contribution in [2.75, 3.05) is 11.1 Å². The molecule has 124 valence electrons. The Bertz CT molecular complexity index is 849.